The van der Waals surface area contributed by atoms with E-state index in [2.05, 4.69) is 37.4 Å². The lowest BCUT2D eigenvalue weighted by Crippen LogP contribution is -2.46. The van der Waals surface area contributed by atoms with E-state index in [1.54, 1.807) is 5.56 Å². The first-order chi connectivity index (χ1) is 9.22. The quantitative estimate of drug-likeness (QED) is 0.835. The van der Waals surface area contributed by atoms with Crippen LogP contribution in [-0.2, 0) is 5.41 Å². The van der Waals surface area contributed by atoms with E-state index in [0.29, 0.717) is 5.41 Å². The molecule has 1 aromatic rings. The molecule has 1 nitrogen and oxygen atoms in total. The molecule has 1 heteroatoms. The van der Waals surface area contributed by atoms with Crippen molar-refractivity contribution in [2.45, 2.75) is 70.3 Å². The van der Waals surface area contributed by atoms with E-state index in [1.807, 2.05) is 0 Å². The molecule has 104 valence electrons. The Balaban J connectivity index is 1.99. The minimum atomic E-state index is 0.424. The van der Waals surface area contributed by atoms with E-state index in [0.717, 1.165) is 6.04 Å². The molecule has 0 amide bonds. The van der Waals surface area contributed by atoms with E-state index in [9.17, 15) is 0 Å². The fraction of sp³-hybridized carbons (Fsp3) is 0.667. The maximum Gasteiger partial charge on any atom is 0.0164 e. The lowest BCUT2D eigenvalue weighted by molar-refractivity contribution is 0.227. The van der Waals surface area contributed by atoms with Crippen molar-refractivity contribution in [3.05, 3.63) is 34.9 Å². The fourth-order valence-corrected chi connectivity index (χ4v) is 4.23. The number of nitrogens with one attached hydrogen (secondary N) is 1. The summed E-state index contributed by atoms with van der Waals surface area (Å²) in [4.78, 5) is 0. The second-order valence-corrected chi connectivity index (χ2v) is 6.66. The lowest BCUT2D eigenvalue weighted by Gasteiger charge is -2.43. The van der Waals surface area contributed by atoms with Crippen LogP contribution in [0.4, 0.5) is 0 Å². The molecule has 0 aromatic heterocycles. The van der Waals surface area contributed by atoms with Crippen molar-refractivity contribution in [1.29, 1.82) is 0 Å². The molecule has 1 N–H and O–H groups in total. The van der Waals surface area contributed by atoms with Crippen LogP contribution < -0.4 is 5.32 Å². The second-order valence-electron chi connectivity index (χ2n) is 6.66. The molecule has 0 bridgehead atoms. The van der Waals surface area contributed by atoms with Crippen molar-refractivity contribution in [3.8, 4) is 0 Å². The first-order valence-corrected chi connectivity index (χ1v) is 8.03. The predicted molar refractivity (Wildman–Crippen MR) is 81.7 cm³/mol. The Hall–Kier alpha value is -0.820. The summed E-state index contributed by atoms with van der Waals surface area (Å²) in [7, 11) is 0. The van der Waals surface area contributed by atoms with Gasteiger partial charge in [-0.15, -0.1) is 0 Å². The standard InChI is InChI=1S/C18H27N/c1-14-8-9-16(13-15(14)2)18(10-4-3-5-11-18)17-7-6-12-19-17/h8-9,13,17,19H,3-7,10-12H2,1-2H3. The van der Waals surface area contributed by atoms with Crippen molar-refractivity contribution in [3.63, 3.8) is 0 Å². The molecule has 2 fully saturated rings. The number of aryl methyl sites for hydroxylation is 2. The van der Waals surface area contributed by atoms with Crippen LogP contribution in [0.2, 0.25) is 0 Å². The van der Waals surface area contributed by atoms with Crippen molar-refractivity contribution in [2.24, 2.45) is 0 Å². The van der Waals surface area contributed by atoms with Crippen molar-refractivity contribution >= 4 is 0 Å². The van der Waals surface area contributed by atoms with Crippen molar-refractivity contribution in [2.75, 3.05) is 6.54 Å². The van der Waals surface area contributed by atoms with Gasteiger partial charge in [0, 0.05) is 11.5 Å². The number of rotatable bonds is 2. The van der Waals surface area contributed by atoms with E-state index >= 15 is 0 Å². The SMILES string of the molecule is Cc1ccc(C2(C3CCCN3)CCCCC2)cc1C. The smallest absolute Gasteiger partial charge is 0.0164 e. The van der Waals surface area contributed by atoms with Gasteiger partial charge in [-0.25, -0.2) is 0 Å². The number of hydrogen-bond acceptors (Lipinski definition) is 1. The normalized spacial score (nSPS) is 26.5. The molecule has 1 aliphatic heterocycles. The first-order valence-electron chi connectivity index (χ1n) is 8.03. The van der Waals surface area contributed by atoms with Gasteiger partial charge in [-0.3, -0.25) is 0 Å². The molecule has 1 unspecified atom stereocenters. The van der Waals surface area contributed by atoms with Crippen LogP contribution in [0.1, 0.15) is 61.6 Å². The molecular weight excluding hydrogens is 230 g/mol. The Morgan fingerprint density at radius 1 is 1.00 bits per heavy atom. The summed E-state index contributed by atoms with van der Waals surface area (Å²) in [5, 5.41) is 3.80. The zero-order valence-electron chi connectivity index (χ0n) is 12.5. The van der Waals surface area contributed by atoms with Gasteiger partial charge in [0.1, 0.15) is 0 Å². The van der Waals surface area contributed by atoms with Crippen LogP contribution in [0.5, 0.6) is 0 Å². The Labute approximate surface area is 117 Å². The Morgan fingerprint density at radius 2 is 1.79 bits per heavy atom. The number of benzene rings is 1. The third-order valence-corrected chi connectivity index (χ3v) is 5.55. The van der Waals surface area contributed by atoms with Crippen molar-refractivity contribution < 1.29 is 0 Å². The molecule has 1 aromatic carbocycles. The summed E-state index contributed by atoms with van der Waals surface area (Å²) in [6.07, 6.45) is 9.74. The molecule has 0 spiro atoms. The van der Waals surface area contributed by atoms with Crippen LogP contribution >= 0.6 is 0 Å². The summed E-state index contributed by atoms with van der Waals surface area (Å²) in [6, 6.07) is 7.93. The second kappa shape index (κ2) is 5.28. The monoisotopic (exact) mass is 257 g/mol. The van der Waals surface area contributed by atoms with Gasteiger partial charge in [-0.1, -0.05) is 37.5 Å². The van der Waals surface area contributed by atoms with Crippen LogP contribution in [0, 0.1) is 13.8 Å². The van der Waals surface area contributed by atoms with Gasteiger partial charge < -0.3 is 5.32 Å². The van der Waals surface area contributed by atoms with Gasteiger partial charge in [-0.2, -0.15) is 0 Å². The van der Waals surface area contributed by atoms with Gasteiger partial charge in [0.15, 0.2) is 0 Å². The van der Waals surface area contributed by atoms with E-state index in [1.165, 1.54) is 62.6 Å². The molecule has 1 heterocycles. The average molecular weight is 257 g/mol. The van der Waals surface area contributed by atoms with Gasteiger partial charge >= 0.3 is 0 Å². The maximum absolute atomic E-state index is 3.80. The first kappa shape index (κ1) is 13.2. The van der Waals surface area contributed by atoms with Gasteiger partial charge in [0.25, 0.3) is 0 Å². The molecule has 3 rings (SSSR count). The molecule has 0 radical (unpaired) electrons. The van der Waals surface area contributed by atoms with E-state index in [4.69, 9.17) is 0 Å². The van der Waals surface area contributed by atoms with Crippen LogP contribution in [-0.4, -0.2) is 12.6 Å². The van der Waals surface area contributed by atoms with Gasteiger partial charge in [-0.05, 0) is 62.8 Å². The van der Waals surface area contributed by atoms with Crippen molar-refractivity contribution in [1.82, 2.24) is 5.32 Å². The zero-order chi connectivity index (χ0) is 13.3. The summed E-state index contributed by atoms with van der Waals surface area (Å²) in [5.74, 6) is 0. The fourth-order valence-electron chi connectivity index (χ4n) is 4.23. The Morgan fingerprint density at radius 3 is 2.42 bits per heavy atom. The van der Waals surface area contributed by atoms with E-state index < -0.39 is 0 Å². The summed E-state index contributed by atoms with van der Waals surface area (Å²) in [5.41, 5.74) is 4.91. The summed E-state index contributed by atoms with van der Waals surface area (Å²) in [6.45, 7) is 5.70. The number of hydrogen-bond donors (Lipinski definition) is 1. The summed E-state index contributed by atoms with van der Waals surface area (Å²) < 4.78 is 0. The average Bonchev–Trinajstić information content (AvgIpc) is 2.97. The highest BCUT2D eigenvalue weighted by Gasteiger charge is 2.42. The lowest BCUT2D eigenvalue weighted by atomic mass is 9.64. The minimum absolute atomic E-state index is 0.424. The zero-order valence-corrected chi connectivity index (χ0v) is 12.5. The summed E-state index contributed by atoms with van der Waals surface area (Å²) >= 11 is 0. The molecule has 19 heavy (non-hydrogen) atoms. The Bertz CT molecular complexity index is 437. The van der Waals surface area contributed by atoms with Crippen LogP contribution in [0.3, 0.4) is 0 Å². The molecule has 1 atom stereocenters. The van der Waals surface area contributed by atoms with Gasteiger partial charge in [0.2, 0.25) is 0 Å². The van der Waals surface area contributed by atoms with Crippen LogP contribution in [0.15, 0.2) is 18.2 Å². The highest BCUT2D eigenvalue weighted by molar-refractivity contribution is 5.36. The molecule has 1 saturated heterocycles. The minimum Gasteiger partial charge on any atom is -0.313 e. The van der Waals surface area contributed by atoms with E-state index in [-0.39, 0.29) is 0 Å². The highest BCUT2D eigenvalue weighted by atomic mass is 15.0. The largest absolute Gasteiger partial charge is 0.313 e. The molecular formula is C18H27N. The molecule has 1 aliphatic carbocycles. The third-order valence-electron chi connectivity index (χ3n) is 5.55. The molecule has 2 aliphatic rings. The van der Waals surface area contributed by atoms with Crippen LogP contribution in [0.25, 0.3) is 0 Å². The highest BCUT2D eigenvalue weighted by Crippen LogP contribution is 2.44. The Kier molecular flexibility index (Phi) is 3.66. The third kappa shape index (κ3) is 2.33. The predicted octanol–water partition coefficient (Wildman–Crippen LogP) is 4.26. The maximum atomic E-state index is 3.80. The topological polar surface area (TPSA) is 12.0 Å². The van der Waals surface area contributed by atoms with Gasteiger partial charge in [0.05, 0.1) is 0 Å². The molecule has 1 saturated carbocycles.